The van der Waals surface area contributed by atoms with Crippen molar-refractivity contribution in [3.05, 3.63) is 65.7 Å². The Labute approximate surface area is 191 Å². The van der Waals surface area contributed by atoms with Crippen LogP contribution in [0.3, 0.4) is 0 Å². The van der Waals surface area contributed by atoms with Gasteiger partial charge in [0.25, 0.3) is 5.91 Å². The Kier molecular flexibility index (Phi) is 10.6. The van der Waals surface area contributed by atoms with Gasteiger partial charge in [0.1, 0.15) is 19.0 Å². The summed E-state index contributed by atoms with van der Waals surface area (Å²) in [6, 6.07) is 16.3. The number of hydrogen-bond acceptors (Lipinski definition) is 7. The van der Waals surface area contributed by atoms with E-state index in [9.17, 15) is 14.4 Å². The second-order valence-electron chi connectivity index (χ2n) is 6.44. The van der Waals surface area contributed by atoms with Crippen LogP contribution in [0, 0.1) is 0 Å². The Morgan fingerprint density at radius 3 is 2.38 bits per heavy atom. The van der Waals surface area contributed by atoms with Crippen molar-refractivity contribution in [2.24, 2.45) is 0 Å². The molecule has 0 unspecified atom stereocenters. The summed E-state index contributed by atoms with van der Waals surface area (Å²) in [5.74, 6) is -1.10. The van der Waals surface area contributed by atoms with Crippen LogP contribution in [-0.4, -0.2) is 43.2 Å². The molecule has 3 N–H and O–H groups in total. The molecule has 0 radical (unpaired) electrons. The molecule has 0 aromatic heterocycles. The third kappa shape index (κ3) is 9.11. The molecular formula is C22H25N3O6S. The summed E-state index contributed by atoms with van der Waals surface area (Å²) < 4.78 is 15.4. The number of thiocarbonyl (C=S) groups is 1. The van der Waals surface area contributed by atoms with Crippen LogP contribution in [0.2, 0.25) is 0 Å². The summed E-state index contributed by atoms with van der Waals surface area (Å²) in [5.41, 5.74) is 6.13. The number of amides is 2. The van der Waals surface area contributed by atoms with Gasteiger partial charge in [-0.3, -0.25) is 25.2 Å². The fourth-order valence-corrected chi connectivity index (χ4v) is 2.61. The van der Waals surface area contributed by atoms with E-state index in [0.717, 1.165) is 5.56 Å². The Hall–Kier alpha value is -3.50. The molecule has 0 aliphatic carbocycles. The summed E-state index contributed by atoms with van der Waals surface area (Å²) >= 11 is 4.99. The molecule has 0 fully saturated rings. The lowest BCUT2D eigenvalue weighted by Gasteiger charge is -2.13. The fraction of sp³-hybridized carbons (Fsp3) is 0.273. The van der Waals surface area contributed by atoms with Gasteiger partial charge in [-0.2, -0.15) is 0 Å². The van der Waals surface area contributed by atoms with Crippen LogP contribution in [0.4, 0.5) is 0 Å². The minimum absolute atomic E-state index is 0.101. The van der Waals surface area contributed by atoms with Crippen molar-refractivity contribution < 1.29 is 28.6 Å². The minimum atomic E-state index is -0.517. The number of hydrogen-bond donors (Lipinski definition) is 3. The number of benzene rings is 2. The van der Waals surface area contributed by atoms with Crippen molar-refractivity contribution >= 4 is 35.1 Å². The lowest BCUT2D eigenvalue weighted by molar-refractivity contribution is -0.146. The number of ether oxygens (including phenoxy) is 3. The van der Waals surface area contributed by atoms with E-state index in [-0.39, 0.29) is 31.2 Å². The molecule has 0 aliphatic heterocycles. The van der Waals surface area contributed by atoms with Crippen LogP contribution in [0.5, 0.6) is 5.75 Å². The first-order valence-electron chi connectivity index (χ1n) is 9.80. The molecule has 0 atom stereocenters. The van der Waals surface area contributed by atoms with Gasteiger partial charge in [-0.25, -0.2) is 0 Å². The molecule has 170 valence electrons. The van der Waals surface area contributed by atoms with Crippen molar-refractivity contribution in [1.82, 2.24) is 16.2 Å². The highest BCUT2D eigenvalue weighted by Crippen LogP contribution is 2.19. The van der Waals surface area contributed by atoms with E-state index >= 15 is 0 Å². The Morgan fingerprint density at radius 2 is 1.62 bits per heavy atom. The predicted octanol–water partition coefficient (Wildman–Crippen LogP) is 1.87. The van der Waals surface area contributed by atoms with Gasteiger partial charge in [-0.05, 0) is 29.9 Å². The second kappa shape index (κ2) is 13.7. The van der Waals surface area contributed by atoms with Crippen LogP contribution in [0.25, 0.3) is 0 Å². The Morgan fingerprint density at radius 1 is 0.906 bits per heavy atom. The lowest BCUT2D eigenvalue weighted by atomic mass is 10.2. The largest absolute Gasteiger partial charge is 0.488 e. The highest BCUT2D eigenvalue weighted by Gasteiger charge is 2.14. The fourth-order valence-electron chi connectivity index (χ4n) is 2.44. The zero-order chi connectivity index (χ0) is 23.2. The lowest BCUT2D eigenvalue weighted by Crippen LogP contribution is -2.48. The number of carbonyl (C=O) groups is 3. The SMILES string of the molecule is COCCOC(=O)CCC(=O)NC(=S)NNC(=O)c1ccccc1OCc1ccccc1. The maximum absolute atomic E-state index is 12.5. The molecule has 0 saturated heterocycles. The monoisotopic (exact) mass is 459 g/mol. The molecule has 10 heteroatoms. The number of esters is 1. The van der Waals surface area contributed by atoms with Crippen molar-refractivity contribution in [2.45, 2.75) is 19.4 Å². The van der Waals surface area contributed by atoms with E-state index in [1.165, 1.54) is 7.11 Å². The summed E-state index contributed by atoms with van der Waals surface area (Å²) in [4.78, 5) is 35.9. The predicted molar refractivity (Wildman–Crippen MR) is 121 cm³/mol. The molecule has 2 aromatic rings. The van der Waals surface area contributed by atoms with Gasteiger partial charge in [0.05, 0.1) is 18.6 Å². The summed E-state index contributed by atoms with van der Waals surface area (Å²) in [7, 11) is 1.49. The summed E-state index contributed by atoms with van der Waals surface area (Å²) in [6.45, 7) is 0.715. The van der Waals surface area contributed by atoms with Gasteiger partial charge in [-0.1, -0.05) is 42.5 Å². The van der Waals surface area contributed by atoms with Crippen molar-refractivity contribution in [2.75, 3.05) is 20.3 Å². The highest BCUT2D eigenvalue weighted by atomic mass is 32.1. The number of carbonyl (C=O) groups excluding carboxylic acids is 3. The van der Waals surface area contributed by atoms with E-state index in [1.807, 2.05) is 30.3 Å². The van der Waals surface area contributed by atoms with Crippen LogP contribution in [0.1, 0.15) is 28.8 Å². The smallest absolute Gasteiger partial charge is 0.306 e. The third-order valence-electron chi connectivity index (χ3n) is 4.02. The standard InChI is InChI=1S/C22H25N3O6S/c1-29-13-14-30-20(27)12-11-19(26)23-22(32)25-24-21(28)17-9-5-6-10-18(17)31-15-16-7-3-2-4-8-16/h2-10H,11-15H2,1H3,(H,24,28)(H2,23,25,26,32). The van der Waals surface area contributed by atoms with Gasteiger partial charge >= 0.3 is 5.97 Å². The number of para-hydroxylation sites is 1. The molecule has 0 saturated carbocycles. The van der Waals surface area contributed by atoms with Crippen LogP contribution >= 0.6 is 12.2 Å². The van der Waals surface area contributed by atoms with Crippen molar-refractivity contribution in [1.29, 1.82) is 0 Å². The topological polar surface area (TPSA) is 115 Å². The Bertz CT molecular complexity index is 923. The minimum Gasteiger partial charge on any atom is -0.488 e. The number of hydrazine groups is 1. The summed E-state index contributed by atoms with van der Waals surface area (Å²) in [6.07, 6.45) is -0.214. The molecule has 2 aromatic carbocycles. The van der Waals surface area contributed by atoms with E-state index in [1.54, 1.807) is 24.3 Å². The van der Waals surface area contributed by atoms with Crippen LogP contribution < -0.4 is 20.9 Å². The quantitative estimate of drug-likeness (QED) is 0.214. The number of rotatable bonds is 10. The molecular weight excluding hydrogens is 434 g/mol. The summed E-state index contributed by atoms with van der Waals surface area (Å²) in [5, 5.41) is 2.26. The normalized spacial score (nSPS) is 10.0. The molecule has 2 rings (SSSR count). The van der Waals surface area contributed by atoms with E-state index < -0.39 is 17.8 Å². The Balaban J connectivity index is 1.76. The molecule has 9 nitrogen and oxygen atoms in total. The second-order valence-corrected chi connectivity index (χ2v) is 6.85. The molecule has 32 heavy (non-hydrogen) atoms. The highest BCUT2D eigenvalue weighted by molar-refractivity contribution is 7.80. The maximum Gasteiger partial charge on any atom is 0.306 e. The van der Waals surface area contributed by atoms with Crippen molar-refractivity contribution in [3.8, 4) is 5.75 Å². The maximum atomic E-state index is 12.5. The number of nitrogens with one attached hydrogen (secondary N) is 3. The zero-order valence-corrected chi connectivity index (χ0v) is 18.4. The average molecular weight is 460 g/mol. The zero-order valence-electron chi connectivity index (χ0n) is 17.6. The van der Waals surface area contributed by atoms with E-state index in [0.29, 0.717) is 17.9 Å². The molecule has 0 bridgehead atoms. The molecule has 0 heterocycles. The van der Waals surface area contributed by atoms with Gasteiger partial charge < -0.3 is 19.5 Å². The van der Waals surface area contributed by atoms with E-state index in [2.05, 4.69) is 16.2 Å². The van der Waals surface area contributed by atoms with E-state index in [4.69, 9.17) is 26.4 Å². The molecule has 2 amide bonds. The van der Waals surface area contributed by atoms with Gasteiger partial charge in [0, 0.05) is 13.5 Å². The van der Waals surface area contributed by atoms with Gasteiger partial charge in [0.2, 0.25) is 5.91 Å². The van der Waals surface area contributed by atoms with Crippen molar-refractivity contribution in [3.63, 3.8) is 0 Å². The number of methoxy groups -OCH3 is 1. The molecule has 0 aliphatic rings. The first-order chi connectivity index (χ1) is 15.5. The first kappa shape index (κ1) is 24.8. The van der Waals surface area contributed by atoms with Crippen LogP contribution in [0.15, 0.2) is 54.6 Å². The molecule has 0 spiro atoms. The first-order valence-corrected chi connectivity index (χ1v) is 10.2. The van der Waals surface area contributed by atoms with Gasteiger partial charge in [0.15, 0.2) is 5.11 Å². The average Bonchev–Trinajstić information content (AvgIpc) is 2.81. The third-order valence-corrected chi connectivity index (χ3v) is 4.22. The van der Waals surface area contributed by atoms with Gasteiger partial charge in [-0.15, -0.1) is 0 Å². The van der Waals surface area contributed by atoms with Crippen LogP contribution in [-0.2, 0) is 25.7 Å².